The summed E-state index contributed by atoms with van der Waals surface area (Å²) in [4.78, 5) is 26.7. The van der Waals surface area contributed by atoms with Gasteiger partial charge in [-0.25, -0.2) is 0 Å². The normalized spacial score (nSPS) is 34.5. The van der Waals surface area contributed by atoms with Crippen LogP contribution in [0.25, 0.3) is 0 Å². The number of rotatable bonds is 2. The van der Waals surface area contributed by atoms with Gasteiger partial charge < -0.3 is 10.2 Å². The lowest BCUT2D eigenvalue weighted by molar-refractivity contribution is -0.132. The second-order valence-electron chi connectivity index (χ2n) is 9.06. The summed E-state index contributed by atoms with van der Waals surface area (Å²) in [7, 11) is 0. The number of carbonyl (C=O) groups excluding carboxylic acids is 2. The Kier molecular flexibility index (Phi) is 3.84. The van der Waals surface area contributed by atoms with E-state index in [1.165, 1.54) is 37.7 Å². The van der Waals surface area contributed by atoms with E-state index >= 15 is 0 Å². The van der Waals surface area contributed by atoms with Gasteiger partial charge >= 0.3 is 0 Å². The standard InChI is InChI=1S/C22H28N2O2/c1-13(25)24-6-2-3-16-12-19(4-5-20(16)24)23-22(26)21-17-8-14-7-15(10-17)11-18(21)9-14/h4-5,12,14-15,17-18,21H,2-3,6-11H2,1H3,(H,23,26). The minimum absolute atomic E-state index is 0.0938. The third-order valence-electron chi connectivity index (χ3n) is 7.38. The summed E-state index contributed by atoms with van der Waals surface area (Å²) in [5.74, 6) is 3.54. The van der Waals surface area contributed by atoms with E-state index in [2.05, 4.69) is 11.4 Å². The number of aryl methyl sites for hydroxylation is 1. The van der Waals surface area contributed by atoms with Crippen molar-refractivity contribution >= 4 is 23.2 Å². The maximum atomic E-state index is 13.1. The van der Waals surface area contributed by atoms with Crippen molar-refractivity contribution < 1.29 is 9.59 Å². The SMILES string of the molecule is CC(=O)N1CCCc2cc(NC(=O)C3C4CC5CC(C4)CC3C5)ccc21. The Morgan fingerprint density at radius 3 is 2.38 bits per heavy atom. The highest BCUT2D eigenvalue weighted by atomic mass is 16.2. The van der Waals surface area contributed by atoms with Crippen molar-refractivity contribution in [3.05, 3.63) is 23.8 Å². The van der Waals surface area contributed by atoms with Crippen LogP contribution in [0.3, 0.4) is 0 Å². The van der Waals surface area contributed by atoms with Gasteiger partial charge in [-0.2, -0.15) is 0 Å². The molecule has 1 heterocycles. The van der Waals surface area contributed by atoms with E-state index in [-0.39, 0.29) is 17.7 Å². The van der Waals surface area contributed by atoms with Gasteiger partial charge in [-0.15, -0.1) is 0 Å². The van der Waals surface area contributed by atoms with Crippen LogP contribution >= 0.6 is 0 Å². The minimum atomic E-state index is 0.0938. The van der Waals surface area contributed by atoms with Crippen molar-refractivity contribution in [3.8, 4) is 0 Å². The van der Waals surface area contributed by atoms with Crippen LogP contribution in [-0.2, 0) is 16.0 Å². The molecule has 1 aromatic carbocycles. The second-order valence-corrected chi connectivity index (χ2v) is 9.06. The molecule has 1 aliphatic heterocycles. The van der Waals surface area contributed by atoms with Crippen LogP contribution in [0.4, 0.5) is 11.4 Å². The Labute approximate surface area is 155 Å². The lowest BCUT2D eigenvalue weighted by Crippen LogP contribution is -2.49. The van der Waals surface area contributed by atoms with Crippen LogP contribution in [-0.4, -0.2) is 18.4 Å². The highest BCUT2D eigenvalue weighted by molar-refractivity contribution is 5.95. The number of carbonyl (C=O) groups is 2. The molecule has 138 valence electrons. The van der Waals surface area contributed by atoms with E-state index in [1.54, 1.807) is 6.92 Å². The first-order valence-corrected chi connectivity index (χ1v) is 10.3. The average Bonchev–Trinajstić information content (AvgIpc) is 2.60. The number of amides is 2. The highest BCUT2D eigenvalue weighted by Crippen LogP contribution is 2.56. The predicted octanol–water partition coefficient (Wildman–Crippen LogP) is 4.00. The van der Waals surface area contributed by atoms with E-state index in [9.17, 15) is 9.59 Å². The molecule has 2 amide bonds. The molecule has 0 atom stereocenters. The molecule has 4 nitrogen and oxygen atoms in total. The summed E-state index contributed by atoms with van der Waals surface area (Å²) in [5, 5.41) is 3.22. The van der Waals surface area contributed by atoms with Crippen molar-refractivity contribution in [1.82, 2.24) is 0 Å². The first-order chi connectivity index (χ1) is 12.6. The fourth-order valence-electron chi connectivity index (χ4n) is 6.58. The summed E-state index contributed by atoms with van der Waals surface area (Å²) in [6, 6.07) is 6.05. The van der Waals surface area contributed by atoms with Crippen molar-refractivity contribution in [1.29, 1.82) is 0 Å². The zero-order valence-corrected chi connectivity index (χ0v) is 15.5. The summed E-state index contributed by atoms with van der Waals surface area (Å²) in [6.07, 6.45) is 8.44. The molecule has 0 saturated heterocycles. The molecule has 1 N–H and O–H groups in total. The lowest BCUT2D eigenvalue weighted by atomic mass is 9.51. The van der Waals surface area contributed by atoms with Gasteiger partial charge in [0.15, 0.2) is 0 Å². The first-order valence-electron chi connectivity index (χ1n) is 10.3. The van der Waals surface area contributed by atoms with Gasteiger partial charge in [0.25, 0.3) is 0 Å². The number of benzene rings is 1. The van der Waals surface area contributed by atoms with E-state index in [4.69, 9.17) is 0 Å². The van der Waals surface area contributed by atoms with Crippen molar-refractivity contribution in [2.75, 3.05) is 16.8 Å². The minimum Gasteiger partial charge on any atom is -0.326 e. The molecule has 0 spiro atoms. The Hall–Kier alpha value is -1.84. The molecular formula is C22H28N2O2. The summed E-state index contributed by atoms with van der Waals surface area (Å²) in [6.45, 7) is 2.42. The zero-order chi connectivity index (χ0) is 17.8. The van der Waals surface area contributed by atoms with Gasteiger partial charge in [0.1, 0.15) is 0 Å². The molecule has 26 heavy (non-hydrogen) atoms. The zero-order valence-electron chi connectivity index (χ0n) is 15.5. The second kappa shape index (κ2) is 6.11. The molecule has 0 aromatic heterocycles. The lowest BCUT2D eigenvalue weighted by Gasteiger charge is -2.53. The van der Waals surface area contributed by atoms with Crippen LogP contribution < -0.4 is 10.2 Å². The molecule has 4 aliphatic carbocycles. The summed E-state index contributed by atoms with van der Waals surface area (Å²) in [5.41, 5.74) is 3.08. The summed E-state index contributed by atoms with van der Waals surface area (Å²) < 4.78 is 0. The molecular weight excluding hydrogens is 324 g/mol. The molecule has 6 rings (SSSR count). The quantitative estimate of drug-likeness (QED) is 0.875. The number of fused-ring (bicyclic) bond motifs is 1. The van der Waals surface area contributed by atoms with Gasteiger partial charge in [-0.3, -0.25) is 9.59 Å². The van der Waals surface area contributed by atoms with Crippen LogP contribution in [0.1, 0.15) is 51.0 Å². The number of nitrogens with zero attached hydrogens (tertiary/aromatic N) is 1. The Balaban J connectivity index is 1.34. The van der Waals surface area contributed by atoms with Crippen LogP contribution in [0, 0.1) is 29.6 Å². The molecule has 4 fully saturated rings. The van der Waals surface area contributed by atoms with Crippen LogP contribution in [0.5, 0.6) is 0 Å². The van der Waals surface area contributed by atoms with Gasteiger partial charge in [0.05, 0.1) is 0 Å². The smallest absolute Gasteiger partial charge is 0.228 e. The van der Waals surface area contributed by atoms with Crippen LogP contribution in [0.15, 0.2) is 18.2 Å². The maximum Gasteiger partial charge on any atom is 0.228 e. The molecule has 4 heteroatoms. The van der Waals surface area contributed by atoms with E-state index in [0.29, 0.717) is 11.8 Å². The molecule has 0 unspecified atom stereocenters. The van der Waals surface area contributed by atoms with E-state index in [1.807, 2.05) is 17.0 Å². The Bertz CT molecular complexity index is 729. The average molecular weight is 352 g/mol. The Morgan fingerprint density at radius 2 is 1.73 bits per heavy atom. The van der Waals surface area contributed by atoms with Gasteiger partial charge in [-0.1, -0.05) is 0 Å². The number of hydrogen-bond acceptors (Lipinski definition) is 2. The third-order valence-corrected chi connectivity index (χ3v) is 7.38. The molecule has 4 saturated carbocycles. The third kappa shape index (κ3) is 2.65. The van der Waals surface area contributed by atoms with Crippen LogP contribution in [0.2, 0.25) is 0 Å². The van der Waals surface area contributed by atoms with Crippen molar-refractivity contribution in [3.63, 3.8) is 0 Å². The topological polar surface area (TPSA) is 49.4 Å². The first kappa shape index (κ1) is 16.3. The predicted molar refractivity (Wildman–Crippen MR) is 102 cm³/mol. The molecule has 4 bridgehead atoms. The van der Waals surface area contributed by atoms with Crippen molar-refractivity contribution in [2.45, 2.75) is 51.9 Å². The number of nitrogens with one attached hydrogen (secondary N) is 1. The van der Waals surface area contributed by atoms with Gasteiger partial charge in [0, 0.05) is 30.8 Å². The molecule has 5 aliphatic rings. The van der Waals surface area contributed by atoms with Gasteiger partial charge in [-0.05, 0) is 92.4 Å². The fraction of sp³-hybridized carbons (Fsp3) is 0.636. The fourth-order valence-corrected chi connectivity index (χ4v) is 6.58. The van der Waals surface area contributed by atoms with E-state index < -0.39 is 0 Å². The van der Waals surface area contributed by atoms with Crippen molar-refractivity contribution in [2.24, 2.45) is 29.6 Å². The monoisotopic (exact) mass is 352 g/mol. The molecule has 0 radical (unpaired) electrons. The largest absolute Gasteiger partial charge is 0.326 e. The summed E-state index contributed by atoms with van der Waals surface area (Å²) >= 11 is 0. The Morgan fingerprint density at radius 1 is 1.04 bits per heavy atom. The number of anilines is 2. The van der Waals surface area contributed by atoms with E-state index in [0.717, 1.165) is 42.6 Å². The highest BCUT2D eigenvalue weighted by Gasteiger charge is 2.50. The maximum absolute atomic E-state index is 13.1. The van der Waals surface area contributed by atoms with Gasteiger partial charge in [0.2, 0.25) is 11.8 Å². The number of hydrogen-bond donors (Lipinski definition) is 1. The molecule has 1 aromatic rings.